The monoisotopic (exact) mass is 345 g/mol. The molecule has 0 radical (unpaired) electrons. The predicted molar refractivity (Wildman–Crippen MR) is 89.5 cm³/mol. The van der Waals surface area contributed by atoms with E-state index in [4.69, 9.17) is 9.47 Å². The average molecular weight is 345 g/mol. The molecule has 3 unspecified atom stereocenters. The van der Waals surface area contributed by atoms with Crippen molar-refractivity contribution in [3.8, 4) is 0 Å². The van der Waals surface area contributed by atoms with E-state index in [9.17, 15) is 14.4 Å². The van der Waals surface area contributed by atoms with Crippen molar-refractivity contribution >= 4 is 17.7 Å². The van der Waals surface area contributed by atoms with Gasteiger partial charge in [0.25, 0.3) is 0 Å². The second-order valence-corrected chi connectivity index (χ2v) is 6.75. The standard InChI is InChI=1S/C19H23NO5/c1-24-17(22)11-19(18(23)25-2)15-9-8-14(10-16(19)21)20(15)12-13-6-4-3-5-7-13/h3-7,14-15H,8-12H2,1-2H3. The Hall–Kier alpha value is -2.21. The van der Waals surface area contributed by atoms with Crippen LogP contribution in [0.2, 0.25) is 0 Å². The largest absolute Gasteiger partial charge is 0.469 e. The molecule has 6 heteroatoms. The van der Waals surface area contributed by atoms with Gasteiger partial charge in [-0.3, -0.25) is 19.3 Å². The molecule has 3 rings (SSSR count). The van der Waals surface area contributed by atoms with Gasteiger partial charge in [0.2, 0.25) is 0 Å². The molecule has 0 saturated carbocycles. The Morgan fingerprint density at radius 2 is 1.88 bits per heavy atom. The van der Waals surface area contributed by atoms with Crippen LogP contribution in [0.25, 0.3) is 0 Å². The molecule has 2 bridgehead atoms. The number of esters is 2. The molecule has 3 atom stereocenters. The van der Waals surface area contributed by atoms with Crippen LogP contribution in [0.3, 0.4) is 0 Å². The van der Waals surface area contributed by atoms with E-state index in [1.807, 2.05) is 30.3 Å². The van der Waals surface area contributed by atoms with Crippen molar-refractivity contribution in [1.29, 1.82) is 0 Å². The number of ether oxygens (including phenoxy) is 2. The summed E-state index contributed by atoms with van der Waals surface area (Å²) in [6.45, 7) is 0.642. The number of benzene rings is 1. The molecule has 0 aromatic heterocycles. The number of Topliss-reactive ketones (excluding diaryl/α,β-unsaturated/α-hetero) is 1. The molecule has 2 aliphatic heterocycles. The number of rotatable bonds is 5. The summed E-state index contributed by atoms with van der Waals surface area (Å²) in [6.07, 6.45) is 1.52. The Bertz CT molecular complexity index is 674. The lowest BCUT2D eigenvalue weighted by atomic mass is 9.70. The highest BCUT2D eigenvalue weighted by Gasteiger charge is 2.62. The molecule has 2 heterocycles. The van der Waals surface area contributed by atoms with Gasteiger partial charge in [-0.25, -0.2) is 0 Å². The van der Waals surface area contributed by atoms with Crippen molar-refractivity contribution in [2.24, 2.45) is 5.41 Å². The van der Waals surface area contributed by atoms with Crippen LogP contribution in [0, 0.1) is 5.41 Å². The molecule has 1 aromatic rings. The second-order valence-electron chi connectivity index (χ2n) is 6.75. The summed E-state index contributed by atoms with van der Waals surface area (Å²) in [6, 6.07) is 9.70. The van der Waals surface area contributed by atoms with Gasteiger partial charge < -0.3 is 9.47 Å². The quantitative estimate of drug-likeness (QED) is 0.598. The number of carbonyl (C=O) groups is 3. The van der Waals surface area contributed by atoms with Crippen LogP contribution < -0.4 is 0 Å². The molecule has 6 nitrogen and oxygen atoms in total. The first kappa shape index (κ1) is 17.6. The number of nitrogens with zero attached hydrogens (tertiary/aromatic N) is 1. The van der Waals surface area contributed by atoms with E-state index >= 15 is 0 Å². The minimum absolute atomic E-state index is 0.105. The maximum atomic E-state index is 12.9. The van der Waals surface area contributed by atoms with Gasteiger partial charge in [0.05, 0.1) is 20.6 Å². The Kier molecular flexibility index (Phi) is 4.90. The molecule has 2 aliphatic rings. The molecule has 2 saturated heterocycles. The molecule has 0 N–H and O–H groups in total. The highest BCUT2D eigenvalue weighted by Crippen LogP contribution is 2.48. The van der Waals surface area contributed by atoms with Gasteiger partial charge in [-0.1, -0.05) is 30.3 Å². The van der Waals surface area contributed by atoms with Gasteiger partial charge in [-0.15, -0.1) is 0 Å². The molecule has 134 valence electrons. The summed E-state index contributed by atoms with van der Waals surface area (Å²) in [7, 11) is 2.52. The number of fused-ring (bicyclic) bond motifs is 2. The van der Waals surface area contributed by atoms with Crippen molar-refractivity contribution in [3.63, 3.8) is 0 Å². The minimum Gasteiger partial charge on any atom is -0.469 e. The van der Waals surface area contributed by atoms with Gasteiger partial charge in [0, 0.05) is 25.0 Å². The van der Waals surface area contributed by atoms with Gasteiger partial charge in [0.15, 0.2) is 11.2 Å². The maximum absolute atomic E-state index is 12.9. The summed E-state index contributed by atoms with van der Waals surface area (Å²) in [5.41, 5.74) is -0.352. The van der Waals surface area contributed by atoms with E-state index in [0.29, 0.717) is 13.0 Å². The smallest absolute Gasteiger partial charge is 0.321 e. The zero-order chi connectivity index (χ0) is 18.0. The molecule has 0 amide bonds. The van der Waals surface area contributed by atoms with Gasteiger partial charge in [-0.2, -0.15) is 0 Å². The fourth-order valence-electron chi connectivity index (χ4n) is 4.32. The lowest BCUT2D eigenvalue weighted by molar-refractivity contribution is -0.172. The number of ketones is 1. The van der Waals surface area contributed by atoms with Crippen LogP contribution in [0.4, 0.5) is 0 Å². The summed E-state index contributed by atoms with van der Waals surface area (Å²) in [5.74, 6) is -1.41. The number of carbonyl (C=O) groups excluding carboxylic acids is 3. The Morgan fingerprint density at radius 3 is 2.52 bits per heavy atom. The van der Waals surface area contributed by atoms with Crippen LogP contribution in [0.1, 0.15) is 31.2 Å². The van der Waals surface area contributed by atoms with Crippen LogP contribution in [0.15, 0.2) is 30.3 Å². The van der Waals surface area contributed by atoms with Crippen molar-refractivity contribution in [3.05, 3.63) is 35.9 Å². The van der Waals surface area contributed by atoms with Crippen LogP contribution in [-0.2, 0) is 30.4 Å². The summed E-state index contributed by atoms with van der Waals surface area (Å²) in [4.78, 5) is 39.7. The van der Waals surface area contributed by atoms with Crippen molar-refractivity contribution in [2.45, 2.75) is 44.3 Å². The average Bonchev–Trinajstić information content (AvgIpc) is 2.94. The fraction of sp³-hybridized carbons (Fsp3) is 0.526. The summed E-state index contributed by atoms with van der Waals surface area (Å²) in [5, 5.41) is 0. The molecule has 0 spiro atoms. The maximum Gasteiger partial charge on any atom is 0.321 e. The summed E-state index contributed by atoms with van der Waals surface area (Å²) >= 11 is 0. The van der Waals surface area contributed by atoms with E-state index in [0.717, 1.165) is 12.0 Å². The SMILES string of the molecule is COC(=O)CC1(C(=O)OC)C(=O)CC2CCC1N2Cc1ccccc1. The summed E-state index contributed by atoms with van der Waals surface area (Å²) < 4.78 is 9.73. The van der Waals surface area contributed by atoms with E-state index in [1.54, 1.807) is 0 Å². The normalized spacial score (nSPS) is 28.6. The first-order valence-electron chi connectivity index (χ1n) is 8.51. The predicted octanol–water partition coefficient (Wildman–Crippen LogP) is 1.71. The molecular formula is C19H23NO5. The highest BCUT2D eigenvalue weighted by atomic mass is 16.5. The molecule has 0 aliphatic carbocycles. The Balaban J connectivity index is 1.97. The van der Waals surface area contributed by atoms with Crippen molar-refractivity contribution in [2.75, 3.05) is 14.2 Å². The zero-order valence-electron chi connectivity index (χ0n) is 14.6. The van der Waals surface area contributed by atoms with Gasteiger partial charge in [-0.05, 0) is 18.4 Å². The van der Waals surface area contributed by atoms with Crippen LogP contribution in [0.5, 0.6) is 0 Å². The zero-order valence-corrected chi connectivity index (χ0v) is 14.6. The fourth-order valence-corrected chi connectivity index (χ4v) is 4.32. The number of methoxy groups -OCH3 is 2. The second kappa shape index (κ2) is 6.96. The van der Waals surface area contributed by atoms with E-state index in [-0.39, 0.29) is 30.7 Å². The molecule has 1 aromatic carbocycles. The van der Waals surface area contributed by atoms with Gasteiger partial charge >= 0.3 is 11.9 Å². The minimum atomic E-state index is -1.47. The Morgan fingerprint density at radius 1 is 1.16 bits per heavy atom. The first-order chi connectivity index (χ1) is 12.0. The highest BCUT2D eigenvalue weighted by molar-refractivity contribution is 6.08. The van der Waals surface area contributed by atoms with Crippen molar-refractivity contribution in [1.82, 2.24) is 4.90 Å². The van der Waals surface area contributed by atoms with E-state index in [2.05, 4.69) is 4.90 Å². The third kappa shape index (κ3) is 2.95. The number of piperidine rings is 1. The Labute approximate surface area is 147 Å². The number of hydrogen-bond donors (Lipinski definition) is 0. The third-order valence-corrected chi connectivity index (χ3v) is 5.54. The topological polar surface area (TPSA) is 72.9 Å². The molecular weight excluding hydrogens is 322 g/mol. The third-order valence-electron chi connectivity index (χ3n) is 5.54. The van der Waals surface area contributed by atoms with Crippen LogP contribution in [-0.4, -0.2) is 48.9 Å². The lowest BCUT2D eigenvalue weighted by Crippen LogP contribution is -2.60. The lowest BCUT2D eigenvalue weighted by Gasteiger charge is -2.45. The van der Waals surface area contributed by atoms with Crippen LogP contribution >= 0.6 is 0 Å². The number of hydrogen-bond acceptors (Lipinski definition) is 6. The molecule has 25 heavy (non-hydrogen) atoms. The van der Waals surface area contributed by atoms with Gasteiger partial charge in [0.1, 0.15) is 0 Å². The van der Waals surface area contributed by atoms with E-state index in [1.165, 1.54) is 14.2 Å². The first-order valence-corrected chi connectivity index (χ1v) is 8.51. The van der Waals surface area contributed by atoms with E-state index < -0.39 is 17.4 Å². The van der Waals surface area contributed by atoms with Crippen molar-refractivity contribution < 1.29 is 23.9 Å². The molecule has 2 fully saturated rings.